The molecular weight excluding hydrogens is 649 g/mol. The zero-order valence-electron chi connectivity index (χ0n) is 29.8. The molecule has 0 radical (unpaired) electrons. The first-order valence-corrected chi connectivity index (χ1v) is 18.7. The SMILES string of the molecule is c1ccc(C(=C(c2ccccc2)c2ccc3cc(-c4ccc5ccccc5c4)ccc3c2)c2ccc3cc(-c4ccc5ccccc5c4)ccc3c2)cc1. The van der Waals surface area contributed by atoms with Gasteiger partial charge in [0.2, 0.25) is 0 Å². The highest BCUT2D eigenvalue weighted by Crippen LogP contribution is 2.40. The maximum Gasteiger partial charge on any atom is -0.00266 e. The summed E-state index contributed by atoms with van der Waals surface area (Å²) in [7, 11) is 0. The van der Waals surface area contributed by atoms with Crippen LogP contribution in [0.3, 0.4) is 0 Å². The third-order valence-electron chi connectivity index (χ3n) is 10.8. The summed E-state index contributed by atoms with van der Waals surface area (Å²) in [6.45, 7) is 0. The third-order valence-corrected chi connectivity index (χ3v) is 10.8. The van der Waals surface area contributed by atoms with Crippen LogP contribution in [0.25, 0.3) is 76.5 Å². The van der Waals surface area contributed by atoms with Crippen LogP contribution in [0.5, 0.6) is 0 Å². The number of benzene rings is 10. The fourth-order valence-electron chi connectivity index (χ4n) is 8.02. The predicted octanol–water partition coefficient (Wildman–Crippen LogP) is 14.6. The van der Waals surface area contributed by atoms with Crippen molar-refractivity contribution < 1.29 is 0 Å². The molecule has 0 aromatic heterocycles. The van der Waals surface area contributed by atoms with Crippen molar-refractivity contribution in [2.24, 2.45) is 0 Å². The van der Waals surface area contributed by atoms with Crippen molar-refractivity contribution in [2.75, 3.05) is 0 Å². The third kappa shape index (κ3) is 5.94. The topological polar surface area (TPSA) is 0 Å². The summed E-state index contributed by atoms with van der Waals surface area (Å²) in [5.74, 6) is 0. The summed E-state index contributed by atoms with van der Waals surface area (Å²) in [6.07, 6.45) is 0. The van der Waals surface area contributed by atoms with E-state index in [1.807, 2.05) is 0 Å². The first-order chi connectivity index (χ1) is 26.7. The van der Waals surface area contributed by atoms with Gasteiger partial charge in [-0.1, -0.05) is 182 Å². The standard InChI is InChI=1S/C54H36/c1-3-13-39(14-4-1)53(51-29-27-47-33-45(23-25-49(47)35-51)43-21-19-37-11-7-9-17-41(37)31-43)54(40-15-5-2-6-16-40)52-30-28-48-34-46(24-26-50(48)36-52)44-22-20-38-12-8-10-18-42(38)32-44/h1-36H. The predicted molar refractivity (Wildman–Crippen MR) is 232 cm³/mol. The molecule has 0 bridgehead atoms. The Kier molecular flexibility index (Phi) is 7.93. The average molecular weight is 685 g/mol. The first kappa shape index (κ1) is 31.7. The Morgan fingerprint density at radius 1 is 0.185 bits per heavy atom. The lowest BCUT2D eigenvalue weighted by Crippen LogP contribution is -1.98. The van der Waals surface area contributed by atoms with Crippen molar-refractivity contribution in [3.8, 4) is 22.3 Å². The zero-order valence-corrected chi connectivity index (χ0v) is 29.8. The lowest BCUT2D eigenvalue weighted by Gasteiger charge is -2.19. The quantitative estimate of drug-likeness (QED) is 0.153. The van der Waals surface area contributed by atoms with Crippen LogP contribution in [-0.2, 0) is 0 Å². The molecule has 0 saturated heterocycles. The van der Waals surface area contributed by atoms with E-state index in [4.69, 9.17) is 0 Å². The number of rotatable bonds is 6. The van der Waals surface area contributed by atoms with Crippen molar-refractivity contribution in [3.63, 3.8) is 0 Å². The zero-order chi connectivity index (χ0) is 35.8. The molecule has 0 aliphatic heterocycles. The van der Waals surface area contributed by atoms with Gasteiger partial charge in [-0.25, -0.2) is 0 Å². The van der Waals surface area contributed by atoms with Crippen LogP contribution in [0.1, 0.15) is 22.3 Å². The van der Waals surface area contributed by atoms with Crippen LogP contribution < -0.4 is 0 Å². The molecule has 10 rings (SSSR count). The van der Waals surface area contributed by atoms with Gasteiger partial charge >= 0.3 is 0 Å². The fraction of sp³-hybridized carbons (Fsp3) is 0. The van der Waals surface area contributed by atoms with E-state index in [0.717, 1.165) is 0 Å². The van der Waals surface area contributed by atoms with Gasteiger partial charge in [-0.2, -0.15) is 0 Å². The lowest BCUT2D eigenvalue weighted by molar-refractivity contribution is 1.52. The van der Waals surface area contributed by atoms with Crippen molar-refractivity contribution in [1.82, 2.24) is 0 Å². The molecule has 0 unspecified atom stereocenters. The number of hydrogen-bond donors (Lipinski definition) is 0. The van der Waals surface area contributed by atoms with E-state index in [0.29, 0.717) is 0 Å². The van der Waals surface area contributed by atoms with Crippen molar-refractivity contribution in [1.29, 1.82) is 0 Å². The van der Waals surface area contributed by atoms with E-state index in [1.54, 1.807) is 0 Å². The van der Waals surface area contributed by atoms with Gasteiger partial charge in [-0.3, -0.25) is 0 Å². The Balaban J connectivity index is 1.11. The normalized spacial score (nSPS) is 12.0. The molecule has 0 atom stereocenters. The van der Waals surface area contributed by atoms with Crippen LogP contribution in [0.2, 0.25) is 0 Å². The van der Waals surface area contributed by atoms with Crippen LogP contribution in [0, 0.1) is 0 Å². The molecule has 0 N–H and O–H groups in total. The number of hydrogen-bond acceptors (Lipinski definition) is 0. The minimum absolute atomic E-state index is 1.19. The molecule has 0 heteroatoms. The molecular formula is C54H36. The lowest BCUT2D eigenvalue weighted by atomic mass is 9.84. The Morgan fingerprint density at radius 2 is 0.463 bits per heavy atom. The molecule has 10 aromatic carbocycles. The molecule has 0 amide bonds. The molecule has 252 valence electrons. The molecule has 0 aliphatic rings. The van der Waals surface area contributed by atoms with Crippen LogP contribution in [-0.4, -0.2) is 0 Å². The van der Waals surface area contributed by atoms with E-state index in [9.17, 15) is 0 Å². The van der Waals surface area contributed by atoms with Gasteiger partial charge in [0, 0.05) is 0 Å². The van der Waals surface area contributed by atoms with Crippen molar-refractivity contribution >= 4 is 54.2 Å². The first-order valence-electron chi connectivity index (χ1n) is 18.7. The van der Waals surface area contributed by atoms with E-state index >= 15 is 0 Å². The molecule has 0 spiro atoms. The van der Waals surface area contributed by atoms with Crippen LogP contribution in [0.15, 0.2) is 218 Å². The molecule has 0 nitrogen and oxygen atoms in total. The van der Waals surface area contributed by atoms with Crippen molar-refractivity contribution in [2.45, 2.75) is 0 Å². The molecule has 0 aliphatic carbocycles. The van der Waals surface area contributed by atoms with Gasteiger partial charge < -0.3 is 0 Å². The highest BCUT2D eigenvalue weighted by atomic mass is 14.2. The second kappa shape index (κ2) is 13.5. The molecule has 0 fully saturated rings. The summed E-state index contributed by atoms with van der Waals surface area (Å²) >= 11 is 0. The second-order valence-electron chi connectivity index (χ2n) is 14.2. The van der Waals surface area contributed by atoms with Crippen molar-refractivity contribution in [3.05, 3.63) is 241 Å². The molecule has 0 heterocycles. The van der Waals surface area contributed by atoms with Gasteiger partial charge in [0.1, 0.15) is 0 Å². The minimum atomic E-state index is 1.19. The number of fused-ring (bicyclic) bond motifs is 4. The Hall–Kier alpha value is -7.02. The van der Waals surface area contributed by atoms with E-state index in [-0.39, 0.29) is 0 Å². The average Bonchev–Trinajstić information content (AvgIpc) is 3.25. The summed E-state index contributed by atoms with van der Waals surface area (Å²) in [5.41, 5.74) is 12.1. The maximum atomic E-state index is 2.36. The van der Waals surface area contributed by atoms with Crippen LogP contribution in [0.4, 0.5) is 0 Å². The van der Waals surface area contributed by atoms with E-state index in [2.05, 4.69) is 218 Å². The van der Waals surface area contributed by atoms with Gasteiger partial charge in [-0.15, -0.1) is 0 Å². The maximum absolute atomic E-state index is 2.36. The summed E-state index contributed by atoms with van der Waals surface area (Å²) < 4.78 is 0. The summed E-state index contributed by atoms with van der Waals surface area (Å²) in [4.78, 5) is 0. The van der Waals surface area contributed by atoms with Gasteiger partial charge in [0.25, 0.3) is 0 Å². The van der Waals surface area contributed by atoms with E-state index < -0.39 is 0 Å². The minimum Gasteiger partial charge on any atom is -0.0622 e. The Morgan fingerprint density at radius 3 is 0.852 bits per heavy atom. The summed E-state index contributed by atoms with van der Waals surface area (Å²) in [6, 6.07) is 79.9. The highest BCUT2D eigenvalue weighted by molar-refractivity contribution is 6.07. The molecule has 10 aromatic rings. The Labute approximate surface area is 315 Å². The van der Waals surface area contributed by atoms with E-state index in [1.165, 1.54) is 98.7 Å². The smallest absolute Gasteiger partial charge is 0.00266 e. The molecule has 54 heavy (non-hydrogen) atoms. The summed E-state index contributed by atoms with van der Waals surface area (Å²) in [5, 5.41) is 9.94. The highest BCUT2D eigenvalue weighted by Gasteiger charge is 2.17. The Bertz CT molecular complexity index is 2810. The van der Waals surface area contributed by atoms with Crippen LogP contribution >= 0.6 is 0 Å². The monoisotopic (exact) mass is 684 g/mol. The largest absolute Gasteiger partial charge is 0.0622 e. The molecule has 0 saturated carbocycles. The van der Waals surface area contributed by atoms with Gasteiger partial charge in [-0.05, 0) is 135 Å². The van der Waals surface area contributed by atoms with Gasteiger partial charge in [0.05, 0.1) is 0 Å². The van der Waals surface area contributed by atoms with Gasteiger partial charge in [0.15, 0.2) is 0 Å². The second-order valence-corrected chi connectivity index (χ2v) is 14.2. The fourth-order valence-corrected chi connectivity index (χ4v) is 8.02.